The molecule has 1 atom stereocenters. The van der Waals surface area contributed by atoms with Crippen molar-refractivity contribution in [3.8, 4) is 0 Å². The molecule has 1 spiro atoms. The second-order valence-corrected chi connectivity index (χ2v) is 7.74. The highest BCUT2D eigenvalue weighted by Gasteiger charge is 2.43. The summed E-state index contributed by atoms with van der Waals surface area (Å²) < 4.78 is 36.5. The number of sulfonamides is 1. The first-order valence-electron chi connectivity index (χ1n) is 7.02. The van der Waals surface area contributed by atoms with Crippen LogP contribution in [0.15, 0.2) is 4.42 Å². The first-order chi connectivity index (χ1) is 9.88. The summed E-state index contributed by atoms with van der Waals surface area (Å²) in [5.74, 6) is 0.520. The number of anilines is 1. The summed E-state index contributed by atoms with van der Waals surface area (Å²) in [4.78, 5) is 1.98. The number of aryl methyl sites for hydroxylation is 1. The van der Waals surface area contributed by atoms with Crippen molar-refractivity contribution < 1.29 is 17.6 Å². The van der Waals surface area contributed by atoms with Gasteiger partial charge in [-0.2, -0.15) is 4.31 Å². The zero-order valence-corrected chi connectivity index (χ0v) is 13.1. The largest absolute Gasteiger partial charge is 0.408 e. The highest BCUT2D eigenvalue weighted by Crippen LogP contribution is 2.31. The SMILES string of the molecule is Cc1nnc(N2CCCC3(C2)CN(S(C)(=O)=O)CCO3)o1. The molecule has 1 unspecified atom stereocenters. The smallest absolute Gasteiger partial charge is 0.318 e. The fourth-order valence-electron chi connectivity index (χ4n) is 3.02. The average Bonchev–Trinajstić information content (AvgIpc) is 2.85. The van der Waals surface area contributed by atoms with Gasteiger partial charge in [-0.3, -0.25) is 0 Å². The number of ether oxygens (including phenoxy) is 1. The van der Waals surface area contributed by atoms with Crippen LogP contribution in [0.2, 0.25) is 0 Å². The lowest BCUT2D eigenvalue weighted by molar-refractivity contribution is -0.0954. The molecule has 0 radical (unpaired) electrons. The Hall–Kier alpha value is -1.19. The summed E-state index contributed by atoms with van der Waals surface area (Å²) >= 11 is 0. The van der Waals surface area contributed by atoms with Gasteiger partial charge in [-0.1, -0.05) is 5.10 Å². The molecule has 0 aromatic carbocycles. The summed E-state index contributed by atoms with van der Waals surface area (Å²) in [5, 5.41) is 7.88. The molecule has 2 aliphatic heterocycles. The second-order valence-electron chi connectivity index (χ2n) is 5.76. The van der Waals surface area contributed by atoms with Crippen LogP contribution >= 0.6 is 0 Å². The van der Waals surface area contributed by atoms with Gasteiger partial charge in [0.05, 0.1) is 25.0 Å². The minimum absolute atomic E-state index is 0.384. The lowest BCUT2D eigenvalue weighted by Gasteiger charge is -2.46. The van der Waals surface area contributed by atoms with E-state index in [9.17, 15) is 8.42 Å². The Kier molecular flexibility index (Phi) is 3.66. The number of rotatable bonds is 2. The first kappa shape index (κ1) is 14.7. The highest BCUT2D eigenvalue weighted by molar-refractivity contribution is 7.88. The van der Waals surface area contributed by atoms with Gasteiger partial charge in [0.2, 0.25) is 15.9 Å². The summed E-state index contributed by atoms with van der Waals surface area (Å²) in [6.45, 7) is 4.35. The molecule has 0 aliphatic carbocycles. The number of hydrogen-bond donors (Lipinski definition) is 0. The van der Waals surface area contributed by atoms with E-state index in [0.717, 1.165) is 19.4 Å². The van der Waals surface area contributed by atoms with E-state index < -0.39 is 15.6 Å². The van der Waals surface area contributed by atoms with Gasteiger partial charge >= 0.3 is 6.01 Å². The third-order valence-electron chi connectivity index (χ3n) is 4.01. The van der Waals surface area contributed by atoms with Gasteiger partial charge in [-0.05, 0) is 12.8 Å². The van der Waals surface area contributed by atoms with Crippen molar-refractivity contribution in [2.24, 2.45) is 0 Å². The van der Waals surface area contributed by atoms with E-state index in [-0.39, 0.29) is 0 Å². The van der Waals surface area contributed by atoms with Crippen LogP contribution in [0.3, 0.4) is 0 Å². The third kappa shape index (κ3) is 3.04. The Labute approximate surface area is 124 Å². The van der Waals surface area contributed by atoms with Gasteiger partial charge in [0.1, 0.15) is 0 Å². The molecule has 2 fully saturated rings. The molecule has 21 heavy (non-hydrogen) atoms. The average molecular weight is 316 g/mol. The molecule has 0 N–H and O–H groups in total. The topological polar surface area (TPSA) is 88.8 Å². The van der Waals surface area contributed by atoms with Crippen LogP contribution in [-0.4, -0.2) is 67.6 Å². The molecule has 3 heterocycles. The molecule has 1 aromatic heterocycles. The van der Waals surface area contributed by atoms with E-state index in [1.807, 2.05) is 4.90 Å². The number of nitrogens with zero attached hydrogens (tertiary/aromatic N) is 4. The van der Waals surface area contributed by atoms with Crippen LogP contribution in [0.1, 0.15) is 18.7 Å². The van der Waals surface area contributed by atoms with E-state index in [4.69, 9.17) is 9.15 Å². The maximum Gasteiger partial charge on any atom is 0.318 e. The van der Waals surface area contributed by atoms with Crippen molar-refractivity contribution in [3.63, 3.8) is 0 Å². The van der Waals surface area contributed by atoms with Gasteiger partial charge in [0, 0.05) is 26.6 Å². The highest BCUT2D eigenvalue weighted by atomic mass is 32.2. The fourth-order valence-corrected chi connectivity index (χ4v) is 3.89. The van der Waals surface area contributed by atoms with Crippen molar-refractivity contribution in [3.05, 3.63) is 5.89 Å². The van der Waals surface area contributed by atoms with Crippen molar-refractivity contribution >= 4 is 16.0 Å². The van der Waals surface area contributed by atoms with E-state index in [1.54, 1.807) is 6.92 Å². The number of piperidine rings is 1. The van der Waals surface area contributed by atoms with Gasteiger partial charge in [0.15, 0.2) is 0 Å². The maximum atomic E-state index is 11.8. The third-order valence-corrected chi connectivity index (χ3v) is 5.26. The predicted molar refractivity (Wildman–Crippen MR) is 75.6 cm³/mol. The summed E-state index contributed by atoms with van der Waals surface area (Å²) in [5.41, 5.74) is -0.484. The number of aromatic nitrogens is 2. The van der Waals surface area contributed by atoms with Crippen molar-refractivity contribution in [2.45, 2.75) is 25.4 Å². The summed E-state index contributed by atoms with van der Waals surface area (Å²) in [6.07, 6.45) is 2.98. The maximum absolute atomic E-state index is 11.8. The molecule has 9 heteroatoms. The Morgan fingerprint density at radius 3 is 2.71 bits per heavy atom. The molecule has 3 rings (SSSR count). The van der Waals surface area contributed by atoms with Crippen LogP contribution in [0.5, 0.6) is 0 Å². The number of morpholine rings is 1. The van der Waals surface area contributed by atoms with Crippen LogP contribution in [0, 0.1) is 6.92 Å². The quantitative estimate of drug-likeness (QED) is 0.759. The van der Waals surface area contributed by atoms with Crippen molar-refractivity contribution in [1.29, 1.82) is 0 Å². The van der Waals surface area contributed by atoms with E-state index in [0.29, 0.717) is 38.1 Å². The van der Waals surface area contributed by atoms with Crippen LogP contribution < -0.4 is 4.90 Å². The molecule has 0 amide bonds. The second kappa shape index (κ2) is 5.22. The van der Waals surface area contributed by atoms with E-state index in [2.05, 4.69) is 10.2 Å². The van der Waals surface area contributed by atoms with Gasteiger partial charge < -0.3 is 14.1 Å². The van der Waals surface area contributed by atoms with E-state index in [1.165, 1.54) is 10.6 Å². The Morgan fingerprint density at radius 1 is 1.24 bits per heavy atom. The minimum atomic E-state index is -3.20. The predicted octanol–water partition coefficient (Wildman–Crippen LogP) is 0.00882. The lowest BCUT2D eigenvalue weighted by Crippen LogP contribution is -2.60. The summed E-state index contributed by atoms with van der Waals surface area (Å²) in [6, 6.07) is 0.478. The number of hydrogen-bond acceptors (Lipinski definition) is 7. The van der Waals surface area contributed by atoms with Crippen LogP contribution in [0.4, 0.5) is 6.01 Å². The van der Waals surface area contributed by atoms with Gasteiger partial charge in [0.25, 0.3) is 0 Å². The molecular weight excluding hydrogens is 296 g/mol. The van der Waals surface area contributed by atoms with Crippen molar-refractivity contribution in [1.82, 2.24) is 14.5 Å². The summed E-state index contributed by atoms with van der Waals surface area (Å²) in [7, 11) is -3.20. The lowest BCUT2D eigenvalue weighted by atomic mass is 9.91. The zero-order chi connectivity index (χ0) is 15.1. The molecule has 118 valence electrons. The standard InChI is InChI=1S/C12H20N4O4S/c1-10-13-14-11(20-10)15-5-3-4-12(8-15)9-16(6-7-19-12)21(2,17)18/h3-9H2,1-2H3. The molecule has 0 saturated carbocycles. The zero-order valence-electron chi connectivity index (χ0n) is 12.3. The molecule has 0 bridgehead atoms. The molecule has 2 saturated heterocycles. The Balaban J connectivity index is 1.78. The monoisotopic (exact) mass is 316 g/mol. The van der Waals surface area contributed by atoms with Crippen LogP contribution in [-0.2, 0) is 14.8 Å². The normalized spacial score (nSPS) is 28.2. The fraction of sp³-hybridized carbons (Fsp3) is 0.833. The molecule has 1 aromatic rings. The Morgan fingerprint density at radius 2 is 2.05 bits per heavy atom. The first-order valence-corrected chi connectivity index (χ1v) is 8.87. The van der Waals surface area contributed by atoms with Crippen LogP contribution in [0.25, 0.3) is 0 Å². The Bertz CT molecular complexity index is 613. The van der Waals surface area contributed by atoms with Gasteiger partial charge in [-0.25, -0.2) is 8.42 Å². The van der Waals surface area contributed by atoms with Crippen molar-refractivity contribution in [2.75, 3.05) is 43.9 Å². The molecule has 2 aliphatic rings. The minimum Gasteiger partial charge on any atom is -0.408 e. The van der Waals surface area contributed by atoms with Gasteiger partial charge in [-0.15, -0.1) is 5.10 Å². The molecule has 8 nitrogen and oxygen atoms in total. The molecular formula is C12H20N4O4S. The van der Waals surface area contributed by atoms with E-state index >= 15 is 0 Å².